The van der Waals surface area contributed by atoms with Gasteiger partial charge in [-0.2, -0.15) is 0 Å². The van der Waals surface area contributed by atoms with E-state index in [2.05, 4.69) is 19.1 Å². The monoisotopic (exact) mass is 239 g/mol. The van der Waals surface area contributed by atoms with Gasteiger partial charge in [-0.25, -0.2) is 0 Å². The summed E-state index contributed by atoms with van der Waals surface area (Å²) < 4.78 is 0. The van der Waals surface area contributed by atoms with Gasteiger partial charge in [0.2, 0.25) is 0 Å². The molecule has 1 fully saturated rings. The molecule has 1 N–H and O–H groups in total. The molecule has 1 saturated carbocycles. The van der Waals surface area contributed by atoms with Crippen LogP contribution in [0.2, 0.25) is 0 Å². The van der Waals surface area contributed by atoms with Crippen molar-refractivity contribution in [2.45, 2.75) is 26.3 Å². The van der Waals surface area contributed by atoms with E-state index in [9.17, 15) is 4.79 Å². The van der Waals surface area contributed by atoms with E-state index in [-0.39, 0.29) is 6.54 Å². The Hall–Kier alpha value is -0.870. The van der Waals surface area contributed by atoms with Crippen molar-refractivity contribution in [3.8, 4) is 0 Å². The molecule has 1 aliphatic rings. The molecule has 3 nitrogen and oxygen atoms in total. The van der Waals surface area contributed by atoms with Crippen LogP contribution in [0.5, 0.6) is 0 Å². The van der Waals surface area contributed by atoms with Crippen LogP contribution >= 0.6 is 11.3 Å². The summed E-state index contributed by atoms with van der Waals surface area (Å²) in [6.45, 7) is 3.95. The maximum absolute atomic E-state index is 10.8. The van der Waals surface area contributed by atoms with E-state index in [0.29, 0.717) is 0 Å². The van der Waals surface area contributed by atoms with Crippen molar-refractivity contribution in [2.75, 3.05) is 13.1 Å². The lowest BCUT2D eigenvalue weighted by Crippen LogP contribution is -2.30. The second kappa shape index (κ2) is 4.97. The molecule has 0 aromatic carbocycles. The summed E-state index contributed by atoms with van der Waals surface area (Å²) in [5, 5.41) is 8.86. The number of carboxylic acid groups (broad SMARTS) is 1. The topological polar surface area (TPSA) is 40.5 Å². The smallest absolute Gasteiger partial charge is 0.317 e. The Kier molecular flexibility index (Phi) is 3.61. The molecule has 0 unspecified atom stereocenters. The highest BCUT2D eigenvalue weighted by molar-refractivity contribution is 7.11. The molecular formula is C12H17NO2S. The van der Waals surface area contributed by atoms with Gasteiger partial charge in [0.1, 0.15) is 0 Å². The van der Waals surface area contributed by atoms with Crippen LogP contribution in [0.1, 0.15) is 22.6 Å². The Morgan fingerprint density at radius 3 is 2.81 bits per heavy atom. The number of thiophene rings is 1. The van der Waals surface area contributed by atoms with E-state index < -0.39 is 5.97 Å². The molecule has 0 atom stereocenters. The van der Waals surface area contributed by atoms with E-state index in [4.69, 9.17) is 5.11 Å². The zero-order chi connectivity index (χ0) is 11.5. The second-order valence-electron chi connectivity index (χ2n) is 4.52. The van der Waals surface area contributed by atoms with Crippen LogP contribution in [0, 0.1) is 12.8 Å². The van der Waals surface area contributed by atoms with Crippen molar-refractivity contribution in [1.82, 2.24) is 4.90 Å². The molecule has 0 saturated heterocycles. The maximum atomic E-state index is 10.8. The predicted octanol–water partition coefficient (Wildman–Crippen LogP) is 2.35. The molecule has 16 heavy (non-hydrogen) atoms. The summed E-state index contributed by atoms with van der Waals surface area (Å²) in [6.07, 6.45) is 2.53. The van der Waals surface area contributed by atoms with Gasteiger partial charge in [0, 0.05) is 22.8 Å². The molecule has 0 bridgehead atoms. The third kappa shape index (κ3) is 3.61. The van der Waals surface area contributed by atoms with E-state index in [0.717, 1.165) is 19.0 Å². The first kappa shape index (κ1) is 11.6. The third-order valence-corrected chi connectivity index (χ3v) is 3.73. The summed E-state index contributed by atoms with van der Waals surface area (Å²) in [6, 6.07) is 4.19. The van der Waals surface area contributed by atoms with E-state index in [1.165, 1.54) is 22.6 Å². The molecule has 1 aromatic heterocycles. The van der Waals surface area contributed by atoms with E-state index >= 15 is 0 Å². The van der Waals surface area contributed by atoms with Crippen LogP contribution in [0.4, 0.5) is 0 Å². The average Bonchev–Trinajstić information content (AvgIpc) is 2.89. The highest BCUT2D eigenvalue weighted by Gasteiger charge is 2.25. The molecule has 0 amide bonds. The van der Waals surface area contributed by atoms with Gasteiger partial charge in [0.15, 0.2) is 0 Å². The molecule has 0 spiro atoms. The number of nitrogens with zero attached hydrogens (tertiary/aromatic N) is 1. The molecule has 0 radical (unpaired) electrons. The van der Waals surface area contributed by atoms with Gasteiger partial charge in [0.05, 0.1) is 6.54 Å². The highest BCUT2D eigenvalue weighted by atomic mass is 32.1. The van der Waals surface area contributed by atoms with Gasteiger partial charge in [-0.05, 0) is 37.8 Å². The predicted molar refractivity (Wildman–Crippen MR) is 64.7 cm³/mol. The van der Waals surface area contributed by atoms with E-state index in [1.807, 2.05) is 4.90 Å². The maximum Gasteiger partial charge on any atom is 0.317 e. The van der Waals surface area contributed by atoms with Crippen LogP contribution in [0.3, 0.4) is 0 Å². The first-order valence-electron chi connectivity index (χ1n) is 5.63. The standard InChI is InChI=1S/C12H17NO2S/c1-9-2-5-11(16-9)7-13(8-12(14)15)6-10-3-4-10/h2,5,10H,3-4,6-8H2,1H3,(H,14,15). The van der Waals surface area contributed by atoms with Crippen molar-refractivity contribution in [3.63, 3.8) is 0 Å². The van der Waals surface area contributed by atoms with Crippen molar-refractivity contribution in [2.24, 2.45) is 5.92 Å². The summed E-state index contributed by atoms with van der Waals surface area (Å²) >= 11 is 1.76. The van der Waals surface area contributed by atoms with Crippen molar-refractivity contribution < 1.29 is 9.90 Å². The SMILES string of the molecule is Cc1ccc(CN(CC(=O)O)CC2CC2)s1. The quantitative estimate of drug-likeness (QED) is 0.828. The van der Waals surface area contributed by atoms with Crippen molar-refractivity contribution >= 4 is 17.3 Å². The fourth-order valence-corrected chi connectivity index (χ4v) is 2.77. The number of aliphatic carboxylic acids is 1. The lowest BCUT2D eigenvalue weighted by atomic mass is 10.3. The number of rotatable bonds is 6. The Morgan fingerprint density at radius 2 is 2.31 bits per heavy atom. The van der Waals surface area contributed by atoms with Gasteiger partial charge in [-0.3, -0.25) is 9.69 Å². The van der Waals surface area contributed by atoms with Crippen LogP contribution in [0.25, 0.3) is 0 Å². The molecule has 1 heterocycles. The largest absolute Gasteiger partial charge is 0.480 e. The number of carbonyl (C=O) groups is 1. The Morgan fingerprint density at radius 1 is 1.56 bits per heavy atom. The zero-order valence-electron chi connectivity index (χ0n) is 9.48. The first-order chi connectivity index (χ1) is 7.63. The number of hydrogen-bond acceptors (Lipinski definition) is 3. The second-order valence-corrected chi connectivity index (χ2v) is 5.89. The number of carboxylic acids is 1. The Balaban J connectivity index is 1.91. The van der Waals surface area contributed by atoms with Gasteiger partial charge < -0.3 is 5.11 Å². The first-order valence-corrected chi connectivity index (χ1v) is 6.44. The summed E-state index contributed by atoms with van der Waals surface area (Å²) in [5.41, 5.74) is 0. The lowest BCUT2D eigenvalue weighted by molar-refractivity contribution is -0.138. The molecule has 4 heteroatoms. The fraction of sp³-hybridized carbons (Fsp3) is 0.583. The zero-order valence-corrected chi connectivity index (χ0v) is 10.3. The minimum Gasteiger partial charge on any atom is -0.480 e. The Labute approximate surface area is 99.7 Å². The van der Waals surface area contributed by atoms with Crippen LogP contribution in [-0.4, -0.2) is 29.1 Å². The Bertz CT molecular complexity index is 371. The normalized spacial score (nSPS) is 15.6. The van der Waals surface area contributed by atoms with Crippen molar-refractivity contribution in [1.29, 1.82) is 0 Å². The molecule has 2 rings (SSSR count). The average molecular weight is 239 g/mol. The highest BCUT2D eigenvalue weighted by Crippen LogP contribution is 2.30. The number of hydrogen-bond donors (Lipinski definition) is 1. The van der Waals surface area contributed by atoms with Gasteiger partial charge >= 0.3 is 5.97 Å². The molecular weight excluding hydrogens is 222 g/mol. The summed E-state index contributed by atoms with van der Waals surface area (Å²) in [5.74, 6) is 0.00865. The molecule has 1 aliphatic carbocycles. The van der Waals surface area contributed by atoms with Crippen molar-refractivity contribution in [3.05, 3.63) is 21.9 Å². The minimum absolute atomic E-state index is 0.160. The molecule has 1 aromatic rings. The number of aryl methyl sites for hydroxylation is 1. The molecule has 0 aliphatic heterocycles. The fourth-order valence-electron chi connectivity index (χ4n) is 1.83. The minimum atomic E-state index is -0.728. The summed E-state index contributed by atoms with van der Waals surface area (Å²) in [7, 11) is 0. The van der Waals surface area contributed by atoms with Gasteiger partial charge in [-0.1, -0.05) is 0 Å². The van der Waals surface area contributed by atoms with Gasteiger partial charge in [-0.15, -0.1) is 11.3 Å². The van der Waals surface area contributed by atoms with Crippen LogP contribution in [0.15, 0.2) is 12.1 Å². The third-order valence-electron chi connectivity index (χ3n) is 2.75. The van der Waals surface area contributed by atoms with E-state index in [1.54, 1.807) is 11.3 Å². The lowest BCUT2D eigenvalue weighted by Gasteiger charge is -2.18. The van der Waals surface area contributed by atoms with Crippen LogP contribution < -0.4 is 0 Å². The molecule has 88 valence electrons. The van der Waals surface area contributed by atoms with Crippen LogP contribution in [-0.2, 0) is 11.3 Å². The van der Waals surface area contributed by atoms with Gasteiger partial charge in [0.25, 0.3) is 0 Å². The summed E-state index contributed by atoms with van der Waals surface area (Å²) in [4.78, 5) is 15.4.